The van der Waals surface area contributed by atoms with Gasteiger partial charge in [0.2, 0.25) is 5.91 Å². The number of carbonyl (C=O) groups is 1. The Kier molecular flexibility index (Phi) is 6.02. The number of alkyl halides is 3. The van der Waals surface area contributed by atoms with Crippen molar-refractivity contribution in [2.75, 3.05) is 27.3 Å². The third-order valence-corrected chi connectivity index (χ3v) is 7.13. The average molecular weight is 454 g/mol. The molecule has 1 aliphatic heterocycles. The van der Waals surface area contributed by atoms with Gasteiger partial charge in [0.1, 0.15) is 12.1 Å². The summed E-state index contributed by atoms with van der Waals surface area (Å²) in [6, 6.07) is 4.98. The van der Waals surface area contributed by atoms with Gasteiger partial charge in [-0.1, -0.05) is 19.1 Å². The molecule has 2 heterocycles. The average Bonchev–Trinajstić information content (AvgIpc) is 3.09. The van der Waals surface area contributed by atoms with Gasteiger partial charge >= 0.3 is 6.18 Å². The first-order valence-corrected chi connectivity index (χ1v) is 11.0. The molecule has 6 nitrogen and oxygen atoms in total. The van der Waals surface area contributed by atoms with E-state index in [1.165, 1.54) is 4.57 Å². The van der Waals surface area contributed by atoms with Crippen molar-refractivity contribution in [2.45, 2.75) is 56.6 Å². The van der Waals surface area contributed by atoms with Crippen LogP contribution in [-0.4, -0.2) is 66.0 Å². The molecule has 1 amide bonds. The summed E-state index contributed by atoms with van der Waals surface area (Å²) in [5.41, 5.74) is 1.43. The summed E-state index contributed by atoms with van der Waals surface area (Å²) in [4.78, 5) is 15.1. The number of amides is 1. The van der Waals surface area contributed by atoms with Gasteiger partial charge in [-0.05, 0) is 43.5 Å². The summed E-state index contributed by atoms with van der Waals surface area (Å²) in [7, 11) is 3.54. The number of benzene rings is 1. The molecule has 4 unspecified atom stereocenters. The maximum atomic E-state index is 13.2. The van der Waals surface area contributed by atoms with Gasteiger partial charge in [-0.25, -0.2) is 0 Å². The maximum absolute atomic E-state index is 13.2. The number of halogens is 3. The fourth-order valence-electron chi connectivity index (χ4n) is 5.59. The molecule has 0 spiro atoms. The molecule has 2 N–H and O–H groups in total. The Morgan fingerprint density at radius 2 is 2.16 bits per heavy atom. The summed E-state index contributed by atoms with van der Waals surface area (Å²) < 4.78 is 47.0. The van der Waals surface area contributed by atoms with E-state index >= 15 is 0 Å². The van der Waals surface area contributed by atoms with Crippen molar-refractivity contribution in [3.05, 3.63) is 35.5 Å². The number of aliphatic hydroxyl groups is 1. The number of carbonyl (C=O) groups excluding carboxylic acids is 1. The molecule has 176 valence electrons. The van der Waals surface area contributed by atoms with Crippen molar-refractivity contribution in [3.63, 3.8) is 0 Å². The molecule has 4 atom stereocenters. The van der Waals surface area contributed by atoms with Crippen LogP contribution in [-0.2, 0) is 28.1 Å². The third kappa shape index (κ3) is 3.80. The van der Waals surface area contributed by atoms with E-state index in [0.29, 0.717) is 31.3 Å². The molecule has 0 radical (unpaired) electrons. The largest absolute Gasteiger partial charge is 0.406 e. The van der Waals surface area contributed by atoms with E-state index in [1.807, 2.05) is 20.0 Å². The molecule has 0 saturated carbocycles. The van der Waals surface area contributed by atoms with Crippen LogP contribution in [0.5, 0.6) is 0 Å². The smallest absolute Gasteiger partial charge is 0.394 e. The van der Waals surface area contributed by atoms with E-state index in [4.69, 9.17) is 4.74 Å². The second kappa shape index (κ2) is 8.35. The molecule has 1 aromatic carbocycles. The molecule has 0 bridgehead atoms. The molecule has 1 aromatic heterocycles. The van der Waals surface area contributed by atoms with Crippen LogP contribution in [0.3, 0.4) is 0 Å². The fraction of sp³-hybridized carbons (Fsp3) is 0.609. The Hall–Kier alpha value is -2.10. The highest BCUT2D eigenvalue weighted by atomic mass is 19.4. The lowest BCUT2D eigenvalue weighted by Crippen LogP contribution is -2.61. The van der Waals surface area contributed by atoms with E-state index in [0.717, 1.165) is 16.5 Å². The Bertz CT molecular complexity index is 1000. The number of piperidine rings is 1. The number of aromatic nitrogens is 1. The van der Waals surface area contributed by atoms with Crippen LogP contribution >= 0.6 is 0 Å². The quantitative estimate of drug-likeness (QED) is 0.706. The standard InChI is InChI=1S/C23H30F3N3O3/c1-4-16(12-30)27-21(31)15-9-22(32-3)17-6-5-7-18-20(17)14(8-19(22)28(2)10-15)11-29(18)13-23(24,25)26/h5-7,11,15-16,19,30H,4,8-10,12-13H2,1-3H3,(H,27,31). The van der Waals surface area contributed by atoms with E-state index in [9.17, 15) is 23.1 Å². The SMILES string of the molecule is CCC(CO)NC(=O)C1CN(C)C2Cc3cn(CC(F)(F)F)c4cccc(c34)C2(OC)C1. The van der Waals surface area contributed by atoms with Gasteiger partial charge in [0.05, 0.1) is 18.6 Å². The number of likely N-dealkylation sites (tertiary alicyclic amines) is 1. The number of fused-ring (bicyclic) bond motifs is 2. The lowest BCUT2D eigenvalue weighted by atomic mass is 9.68. The first-order valence-electron chi connectivity index (χ1n) is 11.0. The number of nitrogens with zero attached hydrogens (tertiary/aromatic N) is 2. The van der Waals surface area contributed by atoms with Crippen molar-refractivity contribution in [3.8, 4) is 0 Å². The highest BCUT2D eigenvalue weighted by Gasteiger charge is 2.53. The van der Waals surface area contributed by atoms with Crippen LogP contribution in [0.2, 0.25) is 0 Å². The monoisotopic (exact) mass is 453 g/mol. The van der Waals surface area contributed by atoms with Crippen molar-refractivity contribution >= 4 is 16.8 Å². The normalized spacial score (nSPS) is 26.7. The zero-order valence-corrected chi connectivity index (χ0v) is 18.6. The Morgan fingerprint density at radius 1 is 1.41 bits per heavy atom. The topological polar surface area (TPSA) is 66.7 Å². The molecule has 2 aliphatic rings. The third-order valence-electron chi connectivity index (χ3n) is 7.13. The number of hydrogen-bond acceptors (Lipinski definition) is 4. The molecule has 4 rings (SSSR count). The predicted octanol–water partition coefficient (Wildman–Crippen LogP) is 2.81. The summed E-state index contributed by atoms with van der Waals surface area (Å²) in [5, 5.41) is 13.2. The first-order chi connectivity index (χ1) is 15.1. The highest BCUT2D eigenvalue weighted by molar-refractivity contribution is 5.90. The van der Waals surface area contributed by atoms with Crippen LogP contribution in [0, 0.1) is 5.92 Å². The van der Waals surface area contributed by atoms with E-state index in [-0.39, 0.29) is 30.5 Å². The number of hydrogen-bond donors (Lipinski definition) is 2. The molecular formula is C23H30F3N3O3. The van der Waals surface area contributed by atoms with Crippen molar-refractivity contribution in [1.82, 2.24) is 14.8 Å². The van der Waals surface area contributed by atoms with Crippen LogP contribution < -0.4 is 5.32 Å². The van der Waals surface area contributed by atoms with E-state index < -0.39 is 18.3 Å². The van der Waals surface area contributed by atoms with Crippen LogP contribution in [0.15, 0.2) is 24.4 Å². The van der Waals surface area contributed by atoms with Gasteiger partial charge < -0.3 is 19.7 Å². The molecule has 2 aromatic rings. The Morgan fingerprint density at radius 3 is 2.78 bits per heavy atom. The number of nitrogens with one attached hydrogen (secondary N) is 1. The first kappa shape index (κ1) is 23.1. The van der Waals surface area contributed by atoms with Crippen molar-refractivity contribution in [1.29, 1.82) is 0 Å². The minimum absolute atomic E-state index is 0.101. The maximum Gasteiger partial charge on any atom is 0.406 e. The van der Waals surface area contributed by atoms with Crippen LogP contribution in [0.25, 0.3) is 10.9 Å². The van der Waals surface area contributed by atoms with E-state index in [2.05, 4.69) is 10.2 Å². The summed E-state index contributed by atoms with van der Waals surface area (Å²) in [6.45, 7) is 1.24. The number of ether oxygens (including phenoxy) is 1. The second-order valence-corrected chi connectivity index (χ2v) is 9.05. The molecule has 9 heteroatoms. The molecule has 1 saturated heterocycles. The molecule has 32 heavy (non-hydrogen) atoms. The lowest BCUT2D eigenvalue weighted by molar-refractivity contribution is -0.148. The number of methoxy groups -OCH3 is 1. The Balaban J connectivity index is 1.76. The van der Waals surface area contributed by atoms with Gasteiger partial charge in [-0.3, -0.25) is 9.69 Å². The zero-order chi connectivity index (χ0) is 23.3. The lowest BCUT2D eigenvalue weighted by Gasteiger charge is -2.52. The number of likely N-dealkylation sites (N-methyl/N-ethyl adjacent to an activating group) is 1. The van der Waals surface area contributed by atoms with Gasteiger partial charge in [0.15, 0.2) is 0 Å². The summed E-state index contributed by atoms with van der Waals surface area (Å²) in [5.74, 6) is -0.508. The zero-order valence-electron chi connectivity index (χ0n) is 18.6. The molecule has 1 fully saturated rings. The Labute approximate surface area is 185 Å². The second-order valence-electron chi connectivity index (χ2n) is 9.05. The summed E-state index contributed by atoms with van der Waals surface area (Å²) in [6.07, 6.45) is -1.11. The highest BCUT2D eigenvalue weighted by Crippen LogP contribution is 2.50. The van der Waals surface area contributed by atoms with E-state index in [1.54, 1.807) is 25.4 Å². The minimum atomic E-state index is -4.32. The minimum Gasteiger partial charge on any atom is -0.394 e. The summed E-state index contributed by atoms with van der Waals surface area (Å²) >= 11 is 0. The van der Waals surface area contributed by atoms with Crippen LogP contribution in [0.1, 0.15) is 30.9 Å². The number of rotatable bonds is 6. The van der Waals surface area contributed by atoms with Gasteiger partial charge in [-0.15, -0.1) is 0 Å². The van der Waals surface area contributed by atoms with Gasteiger partial charge in [0, 0.05) is 36.8 Å². The predicted molar refractivity (Wildman–Crippen MR) is 114 cm³/mol. The van der Waals surface area contributed by atoms with Crippen LogP contribution in [0.4, 0.5) is 13.2 Å². The van der Waals surface area contributed by atoms with Crippen molar-refractivity contribution in [2.24, 2.45) is 5.92 Å². The van der Waals surface area contributed by atoms with Gasteiger partial charge in [-0.2, -0.15) is 13.2 Å². The fourth-order valence-corrected chi connectivity index (χ4v) is 5.59. The number of aliphatic hydroxyl groups excluding tert-OH is 1. The van der Waals surface area contributed by atoms with Gasteiger partial charge in [0.25, 0.3) is 0 Å². The van der Waals surface area contributed by atoms with Crippen molar-refractivity contribution < 1.29 is 27.8 Å². The molecule has 1 aliphatic carbocycles. The molecular weight excluding hydrogens is 423 g/mol.